The summed E-state index contributed by atoms with van der Waals surface area (Å²) in [6.07, 6.45) is -1.16. The molecule has 0 saturated carbocycles. The Bertz CT molecular complexity index is 851. The SMILES string of the molecule is CCOc1ccc(N2C[C@@H](C(=O)O[C@H](C(N)=O)c3ccccc3)CC2=O)cc1. The zero-order chi connectivity index (χ0) is 20.1. The third kappa shape index (κ3) is 4.31. The number of hydrogen-bond acceptors (Lipinski definition) is 5. The topological polar surface area (TPSA) is 98.9 Å². The highest BCUT2D eigenvalue weighted by molar-refractivity contribution is 5.99. The van der Waals surface area contributed by atoms with Crippen molar-refractivity contribution in [1.29, 1.82) is 0 Å². The lowest BCUT2D eigenvalue weighted by Crippen LogP contribution is -2.30. The van der Waals surface area contributed by atoms with Crippen molar-refractivity contribution < 1.29 is 23.9 Å². The number of rotatable bonds is 7. The quantitative estimate of drug-likeness (QED) is 0.740. The predicted octanol–water partition coefficient (Wildman–Crippen LogP) is 2.21. The first kappa shape index (κ1) is 19.4. The van der Waals surface area contributed by atoms with E-state index in [-0.39, 0.29) is 18.9 Å². The molecule has 2 atom stereocenters. The van der Waals surface area contributed by atoms with Crippen LogP contribution >= 0.6 is 0 Å². The summed E-state index contributed by atoms with van der Waals surface area (Å²) < 4.78 is 10.7. The van der Waals surface area contributed by atoms with Crippen LogP contribution in [0.2, 0.25) is 0 Å². The molecule has 0 unspecified atom stereocenters. The maximum absolute atomic E-state index is 12.6. The number of hydrogen-bond donors (Lipinski definition) is 1. The lowest BCUT2D eigenvalue weighted by Gasteiger charge is -2.19. The average molecular weight is 382 g/mol. The van der Waals surface area contributed by atoms with E-state index in [0.717, 1.165) is 0 Å². The summed E-state index contributed by atoms with van der Waals surface area (Å²) in [7, 11) is 0. The summed E-state index contributed by atoms with van der Waals surface area (Å²) in [6.45, 7) is 2.63. The molecule has 2 aromatic carbocycles. The van der Waals surface area contributed by atoms with Crippen LogP contribution in [0.25, 0.3) is 0 Å². The largest absolute Gasteiger partial charge is 0.494 e. The molecule has 0 aromatic heterocycles. The van der Waals surface area contributed by atoms with Crippen LogP contribution in [0.4, 0.5) is 5.69 Å². The number of carbonyl (C=O) groups is 3. The van der Waals surface area contributed by atoms with Gasteiger partial charge in [0.15, 0.2) is 0 Å². The third-order valence-corrected chi connectivity index (χ3v) is 4.51. The Labute approximate surface area is 163 Å². The van der Waals surface area contributed by atoms with Crippen LogP contribution < -0.4 is 15.4 Å². The summed E-state index contributed by atoms with van der Waals surface area (Å²) in [6, 6.07) is 15.7. The van der Waals surface area contributed by atoms with Gasteiger partial charge in [-0.15, -0.1) is 0 Å². The molecule has 2 N–H and O–H groups in total. The number of primary amides is 1. The molecule has 7 nitrogen and oxygen atoms in total. The van der Waals surface area contributed by atoms with E-state index in [9.17, 15) is 14.4 Å². The molecule has 2 amide bonds. The van der Waals surface area contributed by atoms with Crippen LogP contribution in [0.1, 0.15) is 25.0 Å². The van der Waals surface area contributed by atoms with Gasteiger partial charge in [-0.2, -0.15) is 0 Å². The Kier molecular flexibility index (Phi) is 5.93. The third-order valence-electron chi connectivity index (χ3n) is 4.51. The van der Waals surface area contributed by atoms with Crippen LogP contribution in [0.3, 0.4) is 0 Å². The smallest absolute Gasteiger partial charge is 0.312 e. The standard InChI is InChI=1S/C21H22N2O5/c1-2-27-17-10-8-16(9-11-17)23-13-15(12-18(23)24)21(26)28-19(20(22)25)14-6-4-3-5-7-14/h3-11,15,19H,2,12-13H2,1H3,(H2,22,25)/t15-,19-/m0/s1. The number of nitrogens with zero attached hydrogens (tertiary/aromatic N) is 1. The second-order valence-corrected chi connectivity index (χ2v) is 6.46. The van der Waals surface area contributed by atoms with Crippen molar-refractivity contribution in [2.24, 2.45) is 11.7 Å². The fraction of sp³-hybridized carbons (Fsp3) is 0.286. The molecule has 1 saturated heterocycles. The van der Waals surface area contributed by atoms with Gasteiger partial charge in [0, 0.05) is 24.2 Å². The first-order chi connectivity index (χ1) is 13.5. The van der Waals surface area contributed by atoms with E-state index in [0.29, 0.717) is 23.6 Å². The molecule has 7 heteroatoms. The van der Waals surface area contributed by atoms with Gasteiger partial charge in [0.2, 0.25) is 12.0 Å². The number of nitrogens with two attached hydrogens (primary N) is 1. The zero-order valence-corrected chi connectivity index (χ0v) is 15.5. The summed E-state index contributed by atoms with van der Waals surface area (Å²) in [5.74, 6) is -1.51. The van der Waals surface area contributed by atoms with Crippen molar-refractivity contribution in [3.05, 3.63) is 60.2 Å². The molecule has 0 aliphatic carbocycles. The molecule has 1 fully saturated rings. The second-order valence-electron chi connectivity index (χ2n) is 6.46. The van der Waals surface area contributed by atoms with Gasteiger partial charge in [-0.25, -0.2) is 0 Å². The first-order valence-corrected chi connectivity index (χ1v) is 9.07. The number of anilines is 1. The minimum absolute atomic E-state index is 0.0202. The van der Waals surface area contributed by atoms with Gasteiger partial charge >= 0.3 is 5.97 Å². The van der Waals surface area contributed by atoms with Gasteiger partial charge in [0.05, 0.1) is 12.5 Å². The lowest BCUT2D eigenvalue weighted by atomic mass is 10.1. The van der Waals surface area contributed by atoms with Crippen LogP contribution in [-0.4, -0.2) is 30.9 Å². The van der Waals surface area contributed by atoms with E-state index in [4.69, 9.17) is 15.2 Å². The Hall–Kier alpha value is -3.35. The van der Waals surface area contributed by atoms with E-state index >= 15 is 0 Å². The number of esters is 1. The first-order valence-electron chi connectivity index (χ1n) is 9.07. The highest BCUT2D eigenvalue weighted by Gasteiger charge is 2.38. The van der Waals surface area contributed by atoms with Gasteiger partial charge in [-0.1, -0.05) is 30.3 Å². The number of carbonyl (C=O) groups excluding carboxylic acids is 3. The number of amides is 2. The van der Waals surface area contributed by atoms with Crippen molar-refractivity contribution in [1.82, 2.24) is 0 Å². The molecule has 1 heterocycles. The van der Waals surface area contributed by atoms with E-state index < -0.39 is 23.9 Å². The minimum atomic E-state index is -1.18. The van der Waals surface area contributed by atoms with Gasteiger partial charge < -0.3 is 20.1 Å². The summed E-state index contributed by atoms with van der Waals surface area (Å²) >= 11 is 0. The Morgan fingerprint density at radius 3 is 2.43 bits per heavy atom. The fourth-order valence-electron chi connectivity index (χ4n) is 3.13. The van der Waals surface area contributed by atoms with Gasteiger partial charge in [-0.05, 0) is 31.2 Å². The van der Waals surface area contributed by atoms with Crippen molar-refractivity contribution >= 4 is 23.5 Å². The fourth-order valence-corrected chi connectivity index (χ4v) is 3.13. The molecule has 146 valence electrons. The molecule has 1 aliphatic rings. The molecular weight excluding hydrogens is 360 g/mol. The molecule has 3 rings (SSSR count). The van der Waals surface area contributed by atoms with Gasteiger partial charge in [0.25, 0.3) is 5.91 Å². The van der Waals surface area contributed by atoms with E-state index in [2.05, 4.69) is 0 Å². The summed E-state index contributed by atoms with van der Waals surface area (Å²) in [5.41, 5.74) is 6.57. The van der Waals surface area contributed by atoms with Crippen LogP contribution in [0.15, 0.2) is 54.6 Å². The van der Waals surface area contributed by atoms with Crippen molar-refractivity contribution in [2.75, 3.05) is 18.1 Å². The monoisotopic (exact) mass is 382 g/mol. The van der Waals surface area contributed by atoms with E-state index in [1.165, 1.54) is 4.90 Å². The Balaban J connectivity index is 1.68. The average Bonchev–Trinajstić information content (AvgIpc) is 3.09. The summed E-state index contributed by atoms with van der Waals surface area (Å²) in [5, 5.41) is 0. The van der Waals surface area contributed by atoms with E-state index in [1.54, 1.807) is 54.6 Å². The molecule has 1 aliphatic heterocycles. The van der Waals surface area contributed by atoms with E-state index in [1.807, 2.05) is 6.92 Å². The Morgan fingerprint density at radius 2 is 1.82 bits per heavy atom. The summed E-state index contributed by atoms with van der Waals surface area (Å²) in [4.78, 5) is 38.2. The highest BCUT2D eigenvalue weighted by Crippen LogP contribution is 2.29. The molecule has 2 aromatic rings. The second kappa shape index (κ2) is 8.56. The minimum Gasteiger partial charge on any atom is -0.494 e. The number of ether oxygens (including phenoxy) is 2. The van der Waals surface area contributed by atoms with Gasteiger partial charge in [-0.3, -0.25) is 14.4 Å². The molecule has 0 bridgehead atoms. The van der Waals surface area contributed by atoms with Crippen LogP contribution in [0, 0.1) is 5.92 Å². The molecule has 0 radical (unpaired) electrons. The molecule has 28 heavy (non-hydrogen) atoms. The van der Waals surface area contributed by atoms with Crippen molar-refractivity contribution in [3.63, 3.8) is 0 Å². The zero-order valence-electron chi connectivity index (χ0n) is 15.5. The maximum atomic E-state index is 12.6. The van der Waals surface area contributed by atoms with Crippen molar-refractivity contribution in [2.45, 2.75) is 19.4 Å². The normalized spacial score (nSPS) is 17.2. The maximum Gasteiger partial charge on any atom is 0.312 e. The molecule has 0 spiro atoms. The molecular formula is C21H22N2O5. The van der Waals surface area contributed by atoms with Gasteiger partial charge in [0.1, 0.15) is 5.75 Å². The Morgan fingerprint density at radius 1 is 1.14 bits per heavy atom. The van der Waals surface area contributed by atoms with Crippen molar-refractivity contribution in [3.8, 4) is 5.75 Å². The lowest BCUT2D eigenvalue weighted by molar-refractivity contribution is -0.159. The predicted molar refractivity (Wildman–Crippen MR) is 103 cm³/mol. The van der Waals surface area contributed by atoms with Crippen LogP contribution in [-0.2, 0) is 19.1 Å². The van der Waals surface area contributed by atoms with Crippen LogP contribution in [0.5, 0.6) is 5.75 Å². The number of benzene rings is 2. The highest BCUT2D eigenvalue weighted by atomic mass is 16.5.